The monoisotopic (exact) mass is 287 g/mol. The van der Waals surface area contributed by atoms with Crippen LogP contribution in [0.3, 0.4) is 0 Å². The summed E-state index contributed by atoms with van der Waals surface area (Å²) in [6.45, 7) is 10.3. The standard InChI is InChI=1S/C14H25NO3S/c1-6-8-9-14(15-11-16,12(17)18-7-2)10-19-13(3,4)5/h6-10H2,1-5H3. The first kappa shape index (κ1) is 18.2. The van der Waals surface area contributed by atoms with Gasteiger partial charge in [-0.3, -0.25) is 0 Å². The van der Waals surface area contributed by atoms with E-state index in [1.807, 2.05) is 6.92 Å². The maximum absolute atomic E-state index is 12.2. The fourth-order valence-corrected chi connectivity index (χ4v) is 2.52. The second-order valence-corrected chi connectivity index (χ2v) is 7.26. The van der Waals surface area contributed by atoms with Gasteiger partial charge in [-0.05, 0) is 13.3 Å². The summed E-state index contributed by atoms with van der Waals surface area (Å²) in [6, 6.07) is 0. The third-order valence-electron chi connectivity index (χ3n) is 2.60. The van der Waals surface area contributed by atoms with Crippen molar-refractivity contribution in [3.05, 3.63) is 0 Å². The van der Waals surface area contributed by atoms with Gasteiger partial charge in [0.1, 0.15) is 0 Å². The molecule has 0 radical (unpaired) electrons. The van der Waals surface area contributed by atoms with Gasteiger partial charge >= 0.3 is 5.97 Å². The van der Waals surface area contributed by atoms with Crippen LogP contribution in [0.5, 0.6) is 0 Å². The van der Waals surface area contributed by atoms with Crippen molar-refractivity contribution in [3.8, 4) is 0 Å². The van der Waals surface area contributed by atoms with Crippen molar-refractivity contribution >= 4 is 23.8 Å². The van der Waals surface area contributed by atoms with Crippen molar-refractivity contribution < 1.29 is 14.3 Å². The highest BCUT2D eigenvalue weighted by Crippen LogP contribution is 2.32. The van der Waals surface area contributed by atoms with Gasteiger partial charge in [-0.2, -0.15) is 16.8 Å². The number of hydrogen-bond acceptors (Lipinski definition) is 5. The fourth-order valence-electron chi connectivity index (χ4n) is 1.52. The number of carbonyl (C=O) groups is 1. The molecule has 0 rings (SSSR count). The third kappa shape index (κ3) is 6.79. The zero-order valence-corrected chi connectivity index (χ0v) is 13.4. The topological polar surface area (TPSA) is 55.7 Å². The maximum Gasteiger partial charge on any atom is 0.335 e. The van der Waals surface area contributed by atoms with E-state index in [0.717, 1.165) is 12.8 Å². The lowest BCUT2D eigenvalue weighted by Gasteiger charge is -2.29. The van der Waals surface area contributed by atoms with Crippen LogP contribution in [0.1, 0.15) is 53.9 Å². The van der Waals surface area contributed by atoms with Crippen molar-refractivity contribution in [2.45, 2.75) is 64.2 Å². The molecular formula is C14H25NO3S. The molecule has 0 fully saturated rings. The molecule has 0 aliphatic heterocycles. The quantitative estimate of drug-likeness (QED) is 0.390. The van der Waals surface area contributed by atoms with Crippen molar-refractivity contribution in [2.75, 3.05) is 12.4 Å². The molecule has 0 aliphatic carbocycles. The fraction of sp³-hybridized carbons (Fsp3) is 0.857. The minimum absolute atomic E-state index is 0.00234. The number of unbranched alkanes of at least 4 members (excludes halogenated alkanes) is 1. The highest BCUT2D eigenvalue weighted by Gasteiger charge is 2.40. The van der Waals surface area contributed by atoms with Crippen LogP contribution in [0, 0.1) is 0 Å². The number of carbonyl (C=O) groups excluding carboxylic acids is 2. The number of hydrogen-bond donors (Lipinski definition) is 0. The number of nitrogens with zero attached hydrogens (tertiary/aromatic N) is 1. The third-order valence-corrected chi connectivity index (χ3v) is 4.09. The number of esters is 1. The smallest absolute Gasteiger partial charge is 0.335 e. The van der Waals surface area contributed by atoms with Gasteiger partial charge in [0, 0.05) is 10.5 Å². The first-order valence-corrected chi connectivity index (χ1v) is 7.70. The largest absolute Gasteiger partial charge is 0.464 e. The summed E-state index contributed by atoms with van der Waals surface area (Å²) in [5.74, 6) is 0.0356. The lowest BCUT2D eigenvalue weighted by Crippen LogP contribution is -2.42. The highest BCUT2D eigenvalue weighted by atomic mass is 32.2. The molecule has 0 saturated carbocycles. The van der Waals surface area contributed by atoms with Gasteiger partial charge in [0.05, 0.1) is 6.61 Å². The Morgan fingerprint density at radius 2 is 1.95 bits per heavy atom. The van der Waals surface area contributed by atoms with Crippen LogP contribution in [0.25, 0.3) is 0 Å². The van der Waals surface area contributed by atoms with Crippen LogP contribution < -0.4 is 0 Å². The molecular weight excluding hydrogens is 262 g/mol. The molecule has 0 aromatic rings. The second kappa shape index (κ2) is 8.39. The molecule has 0 aromatic heterocycles. The molecule has 0 aromatic carbocycles. The molecule has 0 bridgehead atoms. The summed E-state index contributed by atoms with van der Waals surface area (Å²) >= 11 is 1.61. The minimum Gasteiger partial charge on any atom is -0.464 e. The average Bonchev–Trinajstić information content (AvgIpc) is 2.32. The van der Waals surface area contributed by atoms with Gasteiger partial charge in [-0.25, -0.2) is 9.59 Å². The molecule has 5 heteroatoms. The Bertz CT molecular complexity index is 332. The van der Waals surface area contributed by atoms with Crippen molar-refractivity contribution in [1.82, 2.24) is 0 Å². The summed E-state index contributed by atoms with van der Waals surface area (Å²) in [7, 11) is 0. The Morgan fingerprint density at radius 1 is 1.32 bits per heavy atom. The second-order valence-electron chi connectivity index (χ2n) is 5.46. The lowest BCUT2D eigenvalue weighted by molar-refractivity contribution is -0.148. The summed E-state index contributed by atoms with van der Waals surface area (Å²) in [5, 5.41) is 0. The van der Waals surface area contributed by atoms with E-state index in [1.165, 1.54) is 0 Å². The number of aliphatic imine (C=N–C) groups is 1. The Kier molecular flexibility index (Phi) is 8.03. The molecule has 0 aliphatic rings. The van der Waals surface area contributed by atoms with Crippen LogP contribution in [-0.2, 0) is 14.3 Å². The van der Waals surface area contributed by atoms with Crippen molar-refractivity contribution in [2.24, 2.45) is 4.99 Å². The van der Waals surface area contributed by atoms with Crippen LogP contribution in [0.15, 0.2) is 4.99 Å². The average molecular weight is 287 g/mol. The Hall–Kier alpha value is -0.800. The molecule has 0 saturated heterocycles. The van der Waals surface area contributed by atoms with Crippen LogP contribution in [0.4, 0.5) is 0 Å². The van der Waals surface area contributed by atoms with E-state index in [0.29, 0.717) is 18.8 Å². The van der Waals surface area contributed by atoms with Crippen molar-refractivity contribution in [3.63, 3.8) is 0 Å². The molecule has 0 amide bonds. The normalized spacial score (nSPS) is 14.4. The Morgan fingerprint density at radius 3 is 2.37 bits per heavy atom. The molecule has 19 heavy (non-hydrogen) atoms. The van der Waals surface area contributed by atoms with E-state index < -0.39 is 11.5 Å². The summed E-state index contributed by atoms with van der Waals surface area (Å²) in [5.41, 5.74) is -1.08. The number of thioether (sulfide) groups is 1. The molecule has 0 spiro atoms. The van der Waals surface area contributed by atoms with Crippen molar-refractivity contribution in [1.29, 1.82) is 0 Å². The molecule has 110 valence electrons. The summed E-state index contributed by atoms with van der Waals surface area (Å²) < 4.78 is 5.10. The highest BCUT2D eigenvalue weighted by molar-refractivity contribution is 8.00. The van der Waals surface area contributed by atoms with Crippen LogP contribution >= 0.6 is 11.8 Å². The minimum atomic E-state index is -1.08. The summed E-state index contributed by atoms with van der Waals surface area (Å²) in [6.07, 6.45) is 3.85. The van der Waals surface area contributed by atoms with E-state index in [4.69, 9.17) is 4.74 Å². The van der Waals surface area contributed by atoms with Crippen LogP contribution in [0.2, 0.25) is 0 Å². The van der Waals surface area contributed by atoms with Gasteiger partial charge in [0.15, 0.2) is 5.54 Å². The lowest BCUT2D eigenvalue weighted by atomic mass is 9.95. The molecule has 4 nitrogen and oxygen atoms in total. The van der Waals surface area contributed by atoms with E-state index >= 15 is 0 Å². The maximum atomic E-state index is 12.2. The predicted molar refractivity (Wildman–Crippen MR) is 79.2 cm³/mol. The Balaban J connectivity index is 5.12. The first-order chi connectivity index (χ1) is 8.81. The predicted octanol–water partition coefficient (Wildman–Crippen LogP) is 3.35. The van der Waals surface area contributed by atoms with Gasteiger partial charge < -0.3 is 4.74 Å². The van der Waals surface area contributed by atoms with E-state index in [9.17, 15) is 9.59 Å². The molecule has 0 heterocycles. The van der Waals surface area contributed by atoms with Gasteiger partial charge in [0.25, 0.3) is 0 Å². The van der Waals surface area contributed by atoms with Gasteiger partial charge in [-0.1, -0.05) is 40.5 Å². The number of rotatable bonds is 8. The molecule has 1 atom stereocenters. The number of ether oxygens (including phenoxy) is 1. The zero-order valence-electron chi connectivity index (χ0n) is 12.6. The van der Waals surface area contributed by atoms with E-state index in [-0.39, 0.29) is 4.75 Å². The summed E-state index contributed by atoms with van der Waals surface area (Å²) in [4.78, 5) is 26.7. The van der Waals surface area contributed by atoms with Gasteiger partial charge in [0.2, 0.25) is 6.08 Å². The Labute approximate surface area is 120 Å². The van der Waals surface area contributed by atoms with Crippen LogP contribution in [-0.4, -0.2) is 34.7 Å². The molecule has 0 N–H and O–H groups in total. The van der Waals surface area contributed by atoms with Gasteiger partial charge in [-0.15, -0.1) is 0 Å². The molecule has 1 unspecified atom stereocenters. The zero-order chi connectivity index (χ0) is 14.9. The van der Waals surface area contributed by atoms with E-state index in [2.05, 4.69) is 25.8 Å². The van der Waals surface area contributed by atoms with E-state index in [1.54, 1.807) is 24.8 Å². The number of isocyanates is 1. The first-order valence-electron chi connectivity index (χ1n) is 6.71. The SMILES string of the molecule is CCCCC(CSC(C)(C)C)(N=C=O)C(=O)OCC.